The summed E-state index contributed by atoms with van der Waals surface area (Å²) < 4.78 is 30.8. The molecule has 1 aromatic carbocycles. The molecule has 2 amide bonds. The lowest BCUT2D eigenvalue weighted by Crippen LogP contribution is -2.41. The van der Waals surface area contributed by atoms with Crippen LogP contribution in [0.2, 0.25) is 0 Å². The summed E-state index contributed by atoms with van der Waals surface area (Å²) in [5.41, 5.74) is -0.0367. The van der Waals surface area contributed by atoms with Crippen molar-refractivity contribution in [2.75, 3.05) is 13.1 Å². The summed E-state index contributed by atoms with van der Waals surface area (Å²) in [4.78, 5) is 31.0. The number of hydrogen-bond donors (Lipinski definition) is 0. The van der Waals surface area contributed by atoms with Gasteiger partial charge in [-0.15, -0.1) is 5.06 Å². The van der Waals surface area contributed by atoms with Crippen molar-refractivity contribution in [2.45, 2.75) is 45.8 Å². The van der Waals surface area contributed by atoms with Crippen LogP contribution in [0.15, 0.2) is 30.3 Å². The highest BCUT2D eigenvalue weighted by Gasteiger charge is 2.35. The number of carbonyl (C=O) groups excluding carboxylic acids is 2. The molecular weight excluding hydrogens is 346 g/mol. The van der Waals surface area contributed by atoms with Gasteiger partial charge in [-0.2, -0.15) is 0 Å². The zero-order valence-corrected chi connectivity index (χ0v) is 15.2. The third-order valence-corrected chi connectivity index (χ3v) is 3.79. The number of amides is 2. The van der Waals surface area contributed by atoms with Crippen molar-refractivity contribution in [2.24, 2.45) is 5.92 Å². The number of hydroxylamine groups is 2. The van der Waals surface area contributed by atoms with Crippen LogP contribution in [0.4, 0.5) is 18.4 Å². The highest BCUT2D eigenvalue weighted by molar-refractivity contribution is 5.72. The van der Waals surface area contributed by atoms with Gasteiger partial charge < -0.3 is 14.5 Å². The van der Waals surface area contributed by atoms with Crippen molar-refractivity contribution >= 4 is 12.2 Å². The highest BCUT2D eigenvalue weighted by Crippen LogP contribution is 2.24. The molecule has 0 aliphatic carbocycles. The van der Waals surface area contributed by atoms with Crippen LogP contribution in [0.3, 0.4) is 0 Å². The fourth-order valence-corrected chi connectivity index (χ4v) is 2.51. The molecule has 8 heteroatoms. The van der Waals surface area contributed by atoms with Gasteiger partial charge >= 0.3 is 12.2 Å². The van der Waals surface area contributed by atoms with E-state index < -0.39 is 30.1 Å². The molecule has 1 fully saturated rings. The Hall–Kier alpha value is -2.38. The minimum absolute atomic E-state index is 0.00634. The summed E-state index contributed by atoms with van der Waals surface area (Å²) in [6, 6.07) is 8.94. The highest BCUT2D eigenvalue weighted by atomic mass is 19.3. The molecule has 1 saturated heterocycles. The van der Waals surface area contributed by atoms with Crippen molar-refractivity contribution in [3.05, 3.63) is 35.9 Å². The third kappa shape index (κ3) is 5.86. The molecular formula is C18H24F2N2O4. The van der Waals surface area contributed by atoms with Crippen LogP contribution in [0.5, 0.6) is 0 Å². The lowest BCUT2D eigenvalue weighted by molar-refractivity contribution is -0.115. The second-order valence-corrected chi connectivity index (χ2v) is 7.19. The van der Waals surface area contributed by atoms with Crippen LogP contribution in [0, 0.1) is 5.92 Å². The van der Waals surface area contributed by atoms with E-state index in [0.29, 0.717) is 0 Å². The maximum atomic E-state index is 12.8. The standard InChI is InChI=1S/C18H24F2N2O4/c1-18(2,3)25-17(24)22(11-13-7-5-4-6-8-13)26-16(23)21-10-9-14(12-21)15(19)20/h4-8,14-15H,9-12H2,1-3H3. The minimum atomic E-state index is -2.49. The van der Waals surface area contributed by atoms with E-state index in [-0.39, 0.29) is 26.1 Å². The summed E-state index contributed by atoms with van der Waals surface area (Å²) in [6.07, 6.45) is -3.94. The molecule has 0 N–H and O–H groups in total. The average Bonchev–Trinajstić information content (AvgIpc) is 3.04. The largest absolute Gasteiger partial charge is 0.444 e. The number of benzene rings is 1. The first kappa shape index (κ1) is 19.9. The van der Waals surface area contributed by atoms with Crippen LogP contribution in [-0.4, -0.2) is 47.3 Å². The van der Waals surface area contributed by atoms with Crippen LogP contribution in [-0.2, 0) is 16.1 Å². The van der Waals surface area contributed by atoms with E-state index in [9.17, 15) is 18.4 Å². The number of ether oxygens (including phenoxy) is 1. The van der Waals surface area contributed by atoms with Gasteiger partial charge in [-0.1, -0.05) is 30.3 Å². The van der Waals surface area contributed by atoms with Gasteiger partial charge in [0.2, 0.25) is 6.43 Å². The molecule has 1 aromatic rings. The number of carbonyl (C=O) groups is 2. The van der Waals surface area contributed by atoms with Gasteiger partial charge in [-0.05, 0) is 32.8 Å². The summed E-state index contributed by atoms with van der Waals surface area (Å²) >= 11 is 0. The Labute approximate surface area is 151 Å². The van der Waals surface area contributed by atoms with Gasteiger partial charge in [-0.3, -0.25) is 0 Å². The first-order valence-electron chi connectivity index (χ1n) is 8.45. The van der Waals surface area contributed by atoms with E-state index in [0.717, 1.165) is 10.6 Å². The van der Waals surface area contributed by atoms with Crippen LogP contribution in [0.1, 0.15) is 32.8 Å². The van der Waals surface area contributed by atoms with Gasteiger partial charge in [0.25, 0.3) is 0 Å². The van der Waals surface area contributed by atoms with Crippen LogP contribution < -0.4 is 0 Å². The van der Waals surface area contributed by atoms with Crippen molar-refractivity contribution in [3.8, 4) is 0 Å². The normalized spacial score (nSPS) is 17.3. The summed E-state index contributed by atoms with van der Waals surface area (Å²) in [7, 11) is 0. The Morgan fingerprint density at radius 1 is 1.27 bits per heavy atom. The number of alkyl halides is 2. The van der Waals surface area contributed by atoms with E-state index in [2.05, 4.69) is 0 Å². The quantitative estimate of drug-likeness (QED) is 0.753. The Bertz CT molecular complexity index is 619. The van der Waals surface area contributed by atoms with Gasteiger partial charge in [0.15, 0.2) is 0 Å². The lowest BCUT2D eigenvalue weighted by Gasteiger charge is -2.27. The van der Waals surface area contributed by atoms with Crippen LogP contribution in [0.25, 0.3) is 0 Å². The molecule has 0 spiro atoms. The second-order valence-electron chi connectivity index (χ2n) is 7.19. The van der Waals surface area contributed by atoms with Gasteiger partial charge in [-0.25, -0.2) is 18.4 Å². The minimum Gasteiger partial charge on any atom is -0.442 e. The van der Waals surface area contributed by atoms with Crippen molar-refractivity contribution in [3.63, 3.8) is 0 Å². The fourth-order valence-electron chi connectivity index (χ4n) is 2.51. The Morgan fingerprint density at radius 3 is 2.46 bits per heavy atom. The number of hydrogen-bond acceptors (Lipinski definition) is 4. The monoisotopic (exact) mass is 370 g/mol. The van der Waals surface area contributed by atoms with Crippen molar-refractivity contribution in [1.29, 1.82) is 0 Å². The van der Waals surface area contributed by atoms with Gasteiger partial charge in [0, 0.05) is 19.0 Å². The van der Waals surface area contributed by atoms with Crippen molar-refractivity contribution in [1.82, 2.24) is 9.96 Å². The first-order chi connectivity index (χ1) is 12.2. The number of halogens is 2. The SMILES string of the molecule is CC(C)(C)OC(=O)N(Cc1ccccc1)OC(=O)N1CCC(C(F)F)C1. The first-order valence-corrected chi connectivity index (χ1v) is 8.45. The molecule has 0 radical (unpaired) electrons. The molecule has 144 valence electrons. The smallest absolute Gasteiger partial charge is 0.442 e. The van der Waals surface area contributed by atoms with Crippen LogP contribution >= 0.6 is 0 Å². The predicted molar refractivity (Wildman–Crippen MR) is 90.4 cm³/mol. The summed E-state index contributed by atoms with van der Waals surface area (Å²) in [5.74, 6) is -0.869. The molecule has 1 aliphatic heterocycles. The molecule has 0 bridgehead atoms. The number of nitrogens with zero attached hydrogens (tertiary/aromatic N) is 2. The molecule has 26 heavy (non-hydrogen) atoms. The second kappa shape index (κ2) is 8.33. The predicted octanol–water partition coefficient (Wildman–Crippen LogP) is 4.06. The van der Waals surface area contributed by atoms with Gasteiger partial charge in [0.05, 0.1) is 6.54 Å². The van der Waals surface area contributed by atoms with Crippen molar-refractivity contribution < 1.29 is 27.9 Å². The summed E-state index contributed by atoms with van der Waals surface area (Å²) in [5, 5.41) is 0.818. The van der Waals surface area contributed by atoms with E-state index in [1.165, 1.54) is 4.90 Å². The number of rotatable bonds is 3. The molecule has 2 rings (SSSR count). The molecule has 1 atom stereocenters. The zero-order valence-electron chi connectivity index (χ0n) is 15.2. The molecule has 6 nitrogen and oxygen atoms in total. The van der Waals surface area contributed by atoms with E-state index >= 15 is 0 Å². The molecule has 1 heterocycles. The van der Waals surface area contributed by atoms with E-state index in [1.807, 2.05) is 6.07 Å². The Morgan fingerprint density at radius 2 is 1.92 bits per heavy atom. The average molecular weight is 370 g/mol. The molecule has 1 aliphatic rings. The molecule has 0 saturated carbocycles. The lowest BCUT2D eigenvalue weighted by atomic mass is 10.1. The molecule has 0 aromatic heterocycles. The third-order valence-electron chi connectivity index (χ3n) is 3.79. The topological polar surface area (TPSA) is 59.1 Å². The van der Waals surface area contributed by atoms with E-state index in [4.69, 9.17) is 9.57 Å². The Balaban J connectivity index is 2.05. The maximum Gasteiger partial charge on any atom is 0.444 e. The summed E-state index contributed by atoms with van der Waals surface area (Å²) in [6.45, 7) is 5.16. The molecule has 1 unspecified atom stereocenters. The van der Waals surface area contributed by atoms with Gasteiger partial charge in [0.1, 0.15) is 5.60 Å². The number of likely N-dealkylation sites (tertiary alicyclic amines) is 1. The maximum absolute atomic E-state index is 12.8. The van der Waals surface area contributed by atoms with E-state index in [1.54, 1.807) is 45.0 Å². The Kier molecular flexibility index (Phi) is 6.39. The zero-order chi connectivity index (χ0) is 19.3. The fraction of sp³-hybridized carbons (Fsp3) is 0.556.